The van der Waals surface area contributed by atoms with Gasteiger partial charge in [-0.15, -0.1) is 0 Å². The van der Waals surface area contributed by atoms with Gasteiger partial charge in [0.1, 0.15) is 6.61 Å². The molecule has 5 nitrogen and oxygen atoms in total. The van der Waals surface area contributed by atoms with Crippen molar-refractivity contribution < 1.29 is 9.47 Å². The summed E-state index contributed by atoms with van der Waals surface area (Å²) in [5.41, 5.74) is 7.88. The predicted octanol–water partition coefficient (Wildman–Crippen LogP) is 2.03. The molecular weight excluding hydrogens is 242 g/mol. The minimum atomic E-state index is -0.0266. The number of nitrogens with two attached hydrogens (primary N) is 1. The Bertz CT molecular complexity index is 549. The molecule has 0 bridgehead atoms. The second kappa shape index (κ2) is 5.75. The number of benzene rings is 1. The van der Waals surface area contributed by atoms with Crippen LogP contribution < -0.4 is 15.2 Å². The van der Waals surface area contributed by atoms with Crippen molar-refractivity contribution in [2.24, 2.45) is 12.8 Å². The zero-order valence-electron chi connectivity index (χ0n) is 11.5. The molecule has 0 saturated carbocycles. The lowest BCUT2D eigenvalue weighted by atomic mass is 10.1. The second-order valence-electron chi connectivity index (χ2n) is 4.51. The lowest BCUT2D eigenvalue weighted by molar-refractivity contribution is 0.284. The fourth-order valence-corrected chi connectivity index (χ4v) is 1.79. The zero-order valence-corrected chi connectivity index (χ0v) is 11.5. The summed E-state index contributed by atoms with van der Waals surface area (Å²) < 4.78 is 12.8. The van der Waals surface area contributed by atoms with Crippen LogP contribution in [0.15, 0.2) is 30.6 Å². The van der Waals surface area contributed by atoms with E-state index >= 15 is 0 Å². The van der Waals surface area contributed by atoms with Gasteiger partial charge in [0.15, 0.2) is 11.5 Å². The second-order valence-corrected chi connectivity index (χ2v) is 4.51. The molecule has 1 heterocycles. The van der Waals surface area contributed by atoms with Crippen LogP contribution in [0.25, 0.3) is 0 Å². The van der Waals surface area contributed by atoms with Crippen molar-refractivity contribution >= 4 is 0 Å². The van der Waals surface area contributed by atoms with Crippen molar-refractivity contribution in [3.05, 3.63) is 41.7 Å². The van der Waals surface area contributed by atoms with E-state index in [2.05, 4.69) is 5.10 Å². The van der Waals surface area contributed by atoms with Gasteiger partial charge in [0.25, 0.3) is 0 Å². The third-order valence-corrected chi connectivity index (χ3v) is 2.87. The van der Waals surface area contributed by atoms with E-state index in [1.807, 2.05) is 38.4 Å². The van der Waals surface area contributed by atoms with Crippen LogP contribution in [-0.2, 0) is 13.7 Å². The molecule has 19 heavy (non-hydrogen) atoms. The van der Waals surface area contributed by atoms with E-state index in [0.29, 0.717) is 18.1 Å². The number of nitrogens with zero attached hydrogens (tertiary/aromatic N) is 2. The first-order chi connectivity index (χ1) is 9.10. The van der Waals surface area contributed by atoms with Gasteiger partial charge in [-0.1, -0.05) is 6.07 Å². The highest BCUT2D eigenvalue weighted by Gasteiger charge is 2.08. The zero-order chi connectivity index (χ0) is 13.8. The normalized spacial score (nSPS) is 12.2. The van der Waals surface area contributed by atoms with E-state index in [-0.39, 0.29) is 6.04 Å². The third kappa shape index (κ3) is 3.26. The molecule has 102 valence electrons. The van der Waals surface area contributed by atoms with E-state index in [0.717, 1.165) is 11.1 Å². The molecule has 2 aromatic rings. The maximum Gasteiger partial charge on any atom is 0.161 e. The van der Waals surface area contributed by atoms with Crippen molar-refractivity contribution in [3.8, 4) is 11.5 Å². The molecule has 1 atom stereocenters. The summed E-state index contributed by atoms with van der Waals surface area (Å²) in [5.74, 6) is 1.40. The molecular formula is C14H19N3O2. The van der Waals surface area contributed by atoms with Gasteiger partial charge in [-0.2, -0.15) is 5.10 Å². The fourth-order valence-electron chi connectivity index (χ4n) is 1.79. The van der Waals surface area contributed by atoms with E-state index in [4.69, 9.17) is 15.2 Å². The summed E-state index contributed by atoms with van der Waals surface area (Å²) in [7, 11) is 3.50. The summed E-state index contributed by atoms with van der Waals surface area (Å²) in [6, 6.07) is 5.71. The monoisotopic (exact) mass is 261 g/mol. The topological polar surface area (TPSA) is 62.3 Å². The van der Waals surface area contributed by atoms with Crippen LogP contribution >= 0.6 is 0 Å². The van der Waals surface area contributed by atoms with Gasteiger partial charge in [0, 0.05) is 24.8 Å². The number of hydrogen-bond donors (Lipinski definition) is 1. The van der Waals surface area contributed by atoms with E-state index in [9.17, 15) is 0 Å². The number of aromatic nitrogens is 2. The molecule has 1 aromatic heterocycles. The van der Waals surface area contributed by atoms with Crippen LogP contribution in [0.2, 0.25) is 0 Å². The van der Waals surface area contributed by atoms with Gasteiger partial charge in [-0.25, -0.2) is 0 Å². The lowest BCUT2D eigenvalue weighted by Gasteiger charge is -2.13. The van der Waals surface area contributed by atoms with Crippen molar-refractivity contribution in [1.29, 1.82) is 0 Å². The van der Waals surface area contributed by atoms with E-state index < -0.39 is 0 Å². The van der Waals surface area contributed by atoms with Crippen molar-refractivity contribution in [2.45, 2.75) is 19.6 Å². The number of hydrogen-bond acceptors (Lipinski definition) is 4. The Morgan fingerprint density at radius 1 is 1.37 bits per heavy atom. The Hall–Kier alpha value is -2.01. The standard InChI is InChI=1S/C14H19N3O2/c1-10(15)12-4-5-13(14(6-12)18-3)19-9-11-7-16-17(2)8-11/h4-8,10H,9,15H2,1-3H3/t10-/m1/s1. The van der Waals surface area contributed by atoms with Crippen molar-refractivity contribution in [2.75, 3.05) is 7.11 Å². The number of methoxy groups -OCH3 is 1. The smallest absolute Gasteiger partial charge is 0.161 e. The molecule has 0 amide bonds. The first-order valence-corrected chi connectivity index (χ1v) is 6.14. The number of rotatable bonds is 5. The van der Waals surface area contributed by atoms with Crippen LogP contribution in [0.3, 0.4) is 0 Å². The van der Waals surface area contributed by atoms with Gasteiger partial charge in [-0.05, 0) is 24.6 Å². The Labute approximate surface area is 112 Å². The highest BCUT2D eigenvalue weighted by molar-refractivity contribution is 5.43. The summed E-state index contributed by atoms with van der Waals surface area (Å²) in [6.45, 7) is 2.40. The Morgan fingerprint density at radius 2 is 2.16 bits per heavy atom. The average Bonchev–Trinajstić information content (AvgIpc) is 2.81. The Morgan fingerprint density at radius 3 is 2.74 bits per heavy atom. The lowest BCUT2D eigenvalue weighted by Crippen LogP contribution is -2.05. The predicted molar refractivity (Wildman–Crippen MR) is 73.1 cm³/mol. The van der Waals surface area contributed by atoms with Gasteiger partial charge in [-0.3, -0.25) is 4.68 Å². The van der Waals surface area contributed by atoms with Gasteiger partial charge < -0.3 is 15.2 Å². The number of ether oxygens (including phenoxy) is 2. The molecule has 5 heteroatoms. The fraction of sp³-hybridized carbons (Fsp3) is 0.357. The molecule has 1 aromatic carbocycles. The maximum absolute atomic E-state index is 5.85. The summed E-state index contributed by atoms with van der Waals surface area (Å²) in [5, 5.41) is 4.10. The van der Waals surface area contributed by atoms with Crippen LogP contribution in [0, 0.1) is 0 Å². The molecule has 0 aliphatic carbocycles. The van der Waals surface area contributed by atoms with Gasteiger partial charge in [0.2, 0.25) is 0 Å². The van der Waals surface area contributed by atoms with Gasteiger partial charge in [0.05, 0.1) is 13.3 Å². The first-order valence-electron chi connectivity index (χ1n) is 6.14. The SMILES string of the molecule is COc1cc([C@@H](C)N)ccc1OCc1cnn(C)c1. The molecule has 0 unspecified atom stereocenters. The highest BCUT2D eigenvalue weighted by atomic mass is 16.5. The van der Waals surface area contributed by atoms with E-state index in [1.165, 1.54) is 0 Å². The average molecular weight is 261 g/mol. The minimum Gasteiger partial charge on any atom is -0.493 e. The van der Waals surface area contributed by atoms with E-state index in [1.54, 1.807) is 18.0 Å². The summed E-state index contributed by atoms with van der Waals surface area (Å²) in [6.07, 6.45) is 3.70. The minimum absolute atomic E-state index is 0.0266. The third-order valence-electron chi connectivity index (χ3n) is 2.87. The molecule has 0 fully saturated rings. The molecule has 2 rings (SSSR count). The number of aryl methyl sites for hydroxylation is 1. The molecule has 2 N–H and O–H groups in total. The molecule has 0 aliphatic rings. The van der Waals surface area contributed by atoms with Gasteiger partial charge >= 0.3 is 0 Å². The molecule has 0 saturated heterocycles. The van der Waals surface area contributed by atoms with Crippen molar-refractivity contribution in [1.82, 2.24) is 9.78 Å². The van der Waals surface area contributed by atoms with Crippen LogP contribution in [0.5, 0.6) is 11.5 Å². The quantitative estimate of drug-likeness (QED) is 0.894. The largest absolute Gasteiger partial charge is 0.493 e. The van der Waals surface area contributed by atoms with Crippen molar-refractivity contribution in [3.63, 3.8) is 0 Å². The Kier molecular flexibility index (Phi) is 4.06. The molecule has 0 radical (unpaired) electrons. The summed E-state index contributed by atoms with van der Waals surface area (Å²) in [4.78, 5) is 0. The molecule has 0 spiro atoms. The van der Waals surface area contributed by atoms with Crippen LogP contribution in [-0.4, -0.2) is 16.9 Å². The molecule has 0 aliphatic heterocycles. The summed E-state index contributed by atoms with van der Waals surface area (Å²) >= 11 is 0. The first kappa shape index (κ1) is 13.4. The van der Waals surface area contributed by atoms with Crippen LogP contribution in [0.4, 0.5) is 0 Å². The maximum atomic E-state index is 5.85. The highest BCUT2D eigenvalue weighted by Crippen LogP contribution is 2.30. The van der Waals surface area contributed by atoms with Crippen LogP contribution in [0.1, 0.15) is 24.1 Å². The Balaban J connectivity index is 2.11.